The molecule has 78 valence electrons. The second-order valence-electron chi connectivity index (χ2n) is 3.69. The molecule has 4 heteroatoms. The number of H-pyrrole nitrogens is 1. The summed E-state index contributed by atoms with van der Waals surface area (Å²) in [6, 6.07) is 8.24. The van der Waals surface area contributed by atoms with Crippen LogP contribution in [-0.2, 0) is 6.42 Å². The first-order valence-electron chi connectivity index (χ1n) is 4.92. The standard InChI is InChI=1S/C11H14N4/c1-8-3-2-4-9(5-8)6-10(12)11-7-13-15-14-11/h2-5,7,10H,6,12H2,1H3,(H,13,14,15). The van der Waals surface area contributed by atoms with Gasteiger partial charge < -0.3 is 5.73 Å². The molecule has 1 aromatic heterocycles. The monoisotopic (exact) mass is 202 g/mol. The molecule has 0 radical (unpaired) electrons. The van der Waals surface area contributed by atoms with Gasteiger partial charge in [-0.3, -0.25) is 0 Å². The molecule has 4 nitrogen and oxygen atoms in total. The van der Waals surface area contributed by atoms with E-state index in [-0.39, 0.29) is 6.04 Å². The van der Waals surface area contributed by atoms with Gasteiger partial charge in [0, 0.05) is 0 Å². The molecule has 0 amide bonds. The average molecular weight is 202 g/mol. The highest BCUT2D eigenvalue weighted by Crippen LogP contribution is 2.13. The number of aromatic nitrogens is 3. The van der Waals surface area contributed by atoms with Crippen LogP contribution in [0.2, 0.25) is 0 Å². The van der Waals surface area contributed by atoms with Gasteiger partial charge in [-0.25, -0.2) is 0 Å². The summed E-state index contributed by atoms with van der Waals surface area (Å²) in [7, 11) is 0. The first-order valence-corrected chi connectivity index (χ1v) is 4.92. The molecule has 0 fully saturated rings. The van der Waals surface area contributed by atoms with Crippen LogP contribution in [0.5, 0.6) is 0 Å². The predicted octanol–water partition coefficient (Wildman–Crippen LogP) is 1.36. The Bertz CT molecular complexity index is 422. The minimum atomic E-state index is -0.0921. The molecule has 0 spiro atoms. The van der Waals surface area contributed by atoms with Crippen molar-refractivity contribution in [1.29, 1.82) is 0 Å². The molecule has 1 aromatic carbocycles. The van der Waals surface area contributed by atoms with Gasteiger partial charge in [-0.05, 0) is 18.9 Å². The molecule has 0 aliphatic carbocycles. The van der Waals surface area contributed by atoms with Gasteiger partial charge in [-0.2, -0.15) is 15.4 Å². The summed E-state index contributed by atoms with van der Waals surface area (Å²) in [4.78, 5) is 0. The number of benzene rings is 1. The third-order valence-corrected chi connectivity index (χ3v) is 2.35. The van der Waals surface area contributed by atoms with Crippen molar-refractivity contribution in [3.8, 4) is 0 Å². The normalized spacial score (nSPS) is 12.7. The van der Waals surface area contributed by atoms with Crippen LogP contribution >= 0.6 is 0 Å². The number of nitrogens with zero attached hydrogens (tertiary/aromatic N) is 2. The SMILES string of the molecule is Cc1cccc(CC(N)c2cn[nH]n2)c1. The number of hydrogen-bond acceptors (Lipinski definition) is 3. The van der Waals surface area contributed by atoms with Crippen LogP contribution in [0.1, 0.15) is 22.9 Å². The lowest BCUT2D eigenvalue weighted by atomic mass is 10.0. The zero-order chi connectivity index (χ0) is 10.7. The first-order chi connectivity index (χ1) is 7.25. The van der Waals surface area contributed by atoms with Crippen LogP contribution in [0.25, 0.3) is 0 Å². The third-order valence-electron chi connectivity index (χ3n) is 2.35. The largest absolute Gasteiger partial charge is 0.322 e. The van der Waals surface area contributed by atoms with Crippen molar-refractivity contribution in [2.75, 3.05) is 0 Å². The first kappa shape index (κ1) is 9.86. The number of aromatic amines is 1. The minimum Gasteiger partial charge on any atom is -0.322 e. The van der Waals surface area contributed by atoms with Crippen molar-refractivity contribution in [2.45, 2.75) is 19.4 Å². The summed E-state index contributed by atoms with van der Waals surface area (Å²) >= 11 is 0. The summed E-state index contributed by atoms with van der Waals surface area (Å²) in [5.41, 5.74) is 9.28. The van der Waals surface area contributed by atoms with Crippen molar-refractivity contribution >= 4 is 0 Å². The van der Waals surface area contributed by atoms with E-state index in [1.807, 2.05) is 6.07 Å². The highest BCUT2D eigenvalue weighted by atomic mass is 15.3. The van der Waals surface area contributed by atoms with E-state index in [2.05, 4.69) is 40.5 Å². The lowest BCUT2D eigenvalue weighted by molar-refractivity contribution is 0.691. The quantitative estimate of drug-likeness (QED) is 0.789. The number of rotatable bonds is 3. The molecular weight excluding hydrogens is 188 g/mol. The van der Waals surface area contributed by atoms with E-state index in [4.69, 9.17) is 5.73 Å². The number of nitrogens with two attached hydrogens (primary N) is 1. The second-order valence-corrected chi connectivity index (χ2v) is 3.69. The Morgan fingerprint density at radius 3 is 3.00 bits per heavy atom. The van der Waals surface area contributed by atoms with Crippen LogP contribution in [0.3, 0.4) is 0 Å². The predicted molar refractivity (Wildman–Crippen MR) is 58.2 cm³/mol. The Hall–Kier alpha value is -1.68. The molecular formula is C11H14N4. The molecule has 0 aliphatic rings. The van der Waals surface area contributed by atoms with Crippen LogP contribution in [0.15, 0.2) is 30.5 Å². The van der Waals surface area contributed by atoms with Crippen molar-refractivity contribution in [3.63, 3.8) is 0 Å². The lowest BCUT2D eigenvalue weighted by Gasteiger charge is -2.08. The molecule has 2 aromatic rings. The topological polar surface area (TPSA) is 67.6 Å². The maximum Gasteiger partial charge on any atom is 0.0995 e. The lowest BCUT2D eigenvalue weighted by Crippen LogP contribution is -2.13. The summed E-state index contributed by atoms with van der Waals surface area (Å²) in [6.07, 6.45) is 2.45. The van der Waals surface area contributed by atoms with Crippen molar-refractivity contribution in [1.82, 2.24) is 15.4 Å². The van der Waals surface area contributed by atoms with E-state index in [9.17, 15) is 0 Å². The molecule has 3 N–H and O–H groups in total. The summed E-state index contributed by atoms with van der Waals surface area (Å²) < 4.78 is 0. The molecule has 1 atom stereocenters. The summed E-state index contributed by atoms with van der Waals surface area (Å²) in [5.74, 6) is 0. The van der Waals surface area contributed by atoms with Crippen molar-refractivity contribution < 1.29 is 0 Å². The number of aryl methyl sites for hydroxylation is 1. The Morgan fingerprint density at radius 1 is 1.47 bits per heavy atom. The summed E-state index contributed by atoms with van der Waals surface area (Å²) in [6.45, 7) is 2.07. The van der Waals surface area contributed by atoms with E-state index in [0.717, 1.165) is 12.1 Å². The van der Waals surface area contributed by atoms with Crippen LogP contribution < -0.4 is 5.73 Å². The second kappa shape index (κ2) is 4.23. The third kappa shape index (κ3) is 2.41. The van der Waals surface area contributed by atoms with E-state index >= 15 is 0 Å². The van der Waals surface area contributed by atoms with Gasteiger partial charge in [0.05, 0.1) is 17.9 Å². The Kier molecular flexibility index (Phi) is 2.78. The fourth-order valence-corrected chi connectivity index (χ4v) is 1.59. The van der Waals surface area contributed by atoms with Gasteiger partial charge >= 0.3 is 0 Å². The fraction of sp³-hybridized carbons (Fsp3) is 0.273. The molecule has 0 aliphatic heterocycles. The van der Waals surface area contributed by atoms with Gasteiger partial charge in [-0.1, -0.05) is 29.8 Å². The summed E-state index contributed by atoms with van der Waals surface area (Å²) in [5, 5.41) is 10.3. The molecule has 1 unspecified atom stereocenters. The fourth-order valence-electron chi connectivity index (χ4n) is 1.59. The smallest absolute Gasteiger partial charge is 0.0995 e. The minimum absolute atomic E-state index is 0.0921. The Morgan fingerprint density at radius 2 is 2.33 bits per heavy atom. The zero-order valence-corrected chi connectivity index (χ0v) is 8.64. The maximum atomic E-state index is 6.00. The van der Waals surface area contributed by atoms with Crippen LogP contribution in [-0.4, -0.2) is 15.4 Å². The van der Waals surface area contributed by atoms with Gasteiger partial charge in [0.1, 0.15) is 0 Å². The van der Waals surface area contributed by atoms with E-state index in [1.165, 1.54) is 11.1 Å². The molecule has 0 saturated heterocycles. The Labute approximate surface area is 88.5 Å². The zero-order valence-electron chi connectivity index (χ0n) is 8.64. The molecule has 0 bridgehead atoms. The van der Waals surface area contributed by atoms with Gasteiger partial charge in [-0.15, -0.1) is 0 Å². The number of hydrogen-bond donors (Lipinski definition) is 2. The number of nitrogens with one attached hydrogen (secondary N) is 1. The molecule has 15 heavy (non-hydrogen) atoms. The van der Waals surface area contributed by atoms with Crippen LogP contribution in [0.4, 0.5) is 0 Å². The molecule has 2 rings (SSSR count). The van der Waals surface area contributed by atoms with Crippen molar-refractivity contribution in [3.05, 3.63) is 47.3 Å². The average Bonchev–Trinajstić information content (AvgIpc) is 2.70. The maximum absolute atomic E-state index is 6.00. The van der Waals surface area contributed by atoms with E-state index < -0.39 is 0 Å². The van der Waals surface area contributed by atoms with E-state index in [0.29, 0.717) is 0 Å². The van der Waals surface area contributed by atoms with Gasteiger partial charge in [0.25, 0.3) is 0 Å². The van der Waals surface area contributed by atoms with Crippen LogP contribution in [0, 0.1) is 6.92 Å². The van der Waals surface area contributed by atoms with Crippen molar-refractivity contribution in [2.24, 2.45) is 5.73 Å². The Balaban J connectivity index is 2.09. The van der Waals surface area contributed by atoms with Gasteiger partial charge in [0.15, 0.2) is 0 Å². The highest BCUT2D eigenvalue weighted by molar-refractivity contribution is 5.23. The van der Waals surface area contributed by atoms with E-state index in [1.54, 1.807) is 6.20 Å². The molecule has 1 heterocycles. The highest BCUT2D eigenvalue weighted by Gasteiger charge is 2.09. The molecule has 0 saturated carbocycles. The van der Waals surface area contributed by atoms with Gasteiger partial charge in [0.2, 0.25) is 0 Å².